The number of para-hydroxylation sites is 1. The van der Waals surface area contributed by atoms with Crippen LogP contribution in [0.5, 0.6) is 5.75 Å². The Hall–Kier alpha value is -2.41. The molecule has 1 aromatic carbocycles. The Morgan fingerprint density at radius 3 is 2.87 bits per heavy atom. The average molecular weight is 316 g/mol. The van der Waals surface area contributed by atoms with Crippen LogP contribution in [0.4, 0.5) is 0 Å². The van der Waals surface area contributed by atoms with Gasteiger partial charge < -0.3 is 9.84 Å². The number of nitrogens with zero attached hydrogens (tertiary/aromatic N) is 4. The second kappa shape index (κ2) is 6.37. The molecule has 0 saturated heterocycles. The number of fused-ring (bicyclic) bond motifs is 1. The fraction of sp³-hybridized carbons (Fsp3) is 0.438. The third-order valence-corrected chi connectivity index (χ3v) is 4.00. The van der Waals surface area contributed by atoms with Crippen molar-refractivity contribution < 1.29 is 14.6 Å². The van der Waals surface area contributed by atoms with Crippen LogP contribution in [0.25, 0.3) is 0 Å². The van der Waals surface area contributed by atoms with Gasteiger partial charge in [-0.25, -0.2) is 0 Å². The zero-order valence-electron chi connectivity index (χ0n) is 13.3. The Balaban J connectivity index is 1.94. The van der Waals surface area contributed by atoms with Gasteiger partial charge in [-0.15, -0.1) is 0 Å². The molecular weight excluding hydrogens is 296 g/mol. The summed E-state index contributed by atoms with van der Waals surface area (Å²) in [5.41, 5.74) is 2.31. The molecular formula is C16H20N4O3. The van der Waals surface area contributed by atoms with Gasteiger partial charge >= 0.3 is 5.97 Å². The van der Waals surface area contributed by atoms with Crippen molar-refractivity contribution in [3.63, 3.8) is 0 Å². The molecule has 7 nitrogen and oxygen atoms in total. The zero-order valence-corrected chi connectivity index (χ0v) is 13.3. The van der Waals surface area contributed by atoms with Gasteiger partial charge in [-0.2, -0.15) is 15.0 Å². The molecule has 1 aromatic heterocycles. The van der Waals surface area contributed by atoms with E-state index in [1.807, 2.05) is 43.0 Å². The number of aromatic nitrogens is 3. The van der Waals surface area contributed by atoms with Gasteiger partial charge in [0.2, 0.25) is 0 Å². The summed E-state index contributed by atoms with van der Waals surface area (Å²) < 4.78 is 5.71. The first-order chi connectivity index (χ1) is 11.1. The molecule has 1 atom stereocenters. The first-order valence-electron chi connectivity index (χ1n) is 7.69. The molecule has 0 bridgehead atoms. The third-order valence-electron chi connectivity index (χ3n) is 4.00. The molecule has 0 spiro atoms. The van der Waals surface area contributed by atoms with E-state index in [4.69, 9.17) is 4.74 Å². The van der Waals surface area contributed by atoms with Gasteiger partial charge in [-0.05, 0) is 19.9 Å². The first-order valence-corrected chi connectivity index (χ1v) is 7.69. The van der Waals surface area contributed by atoms with Crippen molar-refractivity contribution in [2.75, 3.05) is 13.2 Å². The zero-order chi connectivity index (χ0) is 16.4. The number of aryl methyl sites for hydroxylation is 2. The normalized spacial score (nSPS) is 18.1. The topological polar surface area (TPSA) is 80.5 Å². The Labute approximate surface area is 134 Å². The largest absolute Gasteiger partial charge is 0.492 e. The fourth-order valence-corrected chi connectivity index (χ4v) is 2.84. The minimum absolute atomic E-state index is 0.431. The van der Waals surface area contributed by atoms with Crippen molar-refractivity contribution in [1.82, 2.24) is 19.9 Å². The lowest BCUT2D eigenvalue weighted by Gasteiger charge is -2.25. The maximum atomic E-state index is 11.9. The predicted octanol–water partition coefficient (Wildman–Crippen LogP) is 1.63. The van der Waals surface area contributed by atoms with E-state index >= 15 is 0 Å². The van der Waals surface area contributed by atoms with Crippen LogP contribution in [0.2, 0.25) is 0 Å². The molecule has 3 rings (SSSR count). The number of hydrogen-bond acceptors (Lipinski definition) is 5. The molecule has 7 heteroatoms. The Morgan fingerprint density at radius 1 is 1.39 bits per heavy atom. The van der Waals surface area contributed by atoms with Crippen LogP contribution in [0.15, 0.2) is 24.3 Å². The molecule has 0 amide bonds. The highest BCUT2D eigenvalue weighted by molar-refractivity contribution is 5.76. The maximum absolute atomic E-state index is 11.9. The van der Waals surface area contributed by atoms with Gasteiger partial charge in [-0.1, -0.05) is 18.2 Å². The minimum atomic E-state index is -0.886. The van der Waals surface area contributed by atoms with Gasteiger partial charge in [0, 0.05) is 18.7 Å². The number of aliphatic carboxylic acids is 1. The summed E-state index contributed by atoms with van der Waals surface area (Å²) in [5, 5.41) is 18.5. The van der Waals surface area contributed by atoms with Gasteiger partial charge in [0.1, 0.15) is 18.4 Å². The summed E-state index contributed by atoms with van der Waals surface area (Å²) in [6, 6.07) is 6.56. The number of rotatable bonds is 4. The minimum Gasteiger partial charge on any atom is -0.492 e. The van der Waals surface area contributed by atoms with Crippen LogP contribution in [-0.4, -0.2) is 44.1 Å². The van der Waals surface area contributed by atoms with Crippen LogP contribution in [0.1, 0.15) is 29.9 Å². The highest BCUT2D eigenvalue weighted by Gasteiger charge is 2.33. The lowest BCUT2D eigenvalue weighted by Crippen LogP contribution is -2.35. The number of carboxylic acid groups (broad SMARTS) is 1. The lowest BCUT2D eigenvalue weighted by atomic mass is 10.0. The van der Waals surface area contributed by atoms with Crippen LogP contribution in [0.3, 0.4) is 0 Å². The Bertz CT molecular complexity index is 713. The van der Waals surface area contributed by atoms with E-state index in [0.29, 0.717) is 37.6 Å². The van der Waals surface area contributed by atoms with Crippen LogP contribution in [0, 0.1) is 6.92 Å². The Morgan fingerprint density at radius 2 is 2.17 bits per heavy atom. The van der Waals surface area contributed by atoms with Crippen LogP contribution in [-0.2, 0) is 17.9 Å². The molecule has 23 heavy (non-hydrogen) atoms. The summed E-state index contributed by atoms with van der Waals surface area (Å²) in [6.07, 6.45) is 0. The quantitative estimate of drug-likeness (QED) is 0.923. The summed E-state index contributed by atoms with van der Waals surface area (Å²) in [4.78, 5) is 15.4. The number of carboxylic acids is 1. The molecule has 1 N–H and O–H groups in total. The van der Waals surface area contributed by atoms with Crippen molar-refractivity contribution in [2.24, 2.45) is 0 Å². The van der Waals surface area contributed by atoms with Gasteiger partial charge in [0.05, 0.1) is 17.9 Å². The van der Waals surface area contributed by atoms with E-state index in [1.165, 1.54) is 0 Å². The van der Waals surface area contributed by atoms with Crippen LogP contribution < -0.4 is 4.74 Å². The highest BCUT2D eigenvalue weighted by Crippen LogP contribution is 2.33. The molecule has 0 saturated carbocycles. The molecule has 0 fully saturated rings. The van der Waals surface area contributed by atoms with Crippen LogP contribution >= 0.6 is 0 Å². The van der Waals surface area contributed by atoms with Crippen molar-refractivity contribution in [1.29, 1.82) is 0 Å². The third kappa shape index (κ3) is 3.05. The highest BCUT2D eigenvalue weighted by atomic mass is 16.5. The molecule has 2 heterocycles. The number of ether oxygens (including phenoxy) is 1. The van der Waals surface area contributed by atoms with Gasteiger partial charge in [0.25, 0.3) is 0 Å². The standard InChI is InChI=1S/C16H20N4O3/c1-3-20-17-11(2)13(18-20)10-19-8-9-23-14-7-5-4-6-12(14)15(19)16(21)22/h4-7,15H,3,8-10H2,1-2H3,(H,21,22). The molecule has 2 aromatic rings. The maximum Gasteiger partial charge on any atom is 0.325 e. The van der Waals surface area contributed by atoms with E-state index in [1.54, 1.807) is 4.80 Å². The second-order valence-electron chi connectivity index (χ2n) is 5.52. The molecule has 0 radical (unpaired) electrons. The first kappa shape index (κ1) is 15.5. The smallest absolute Gasteiger partial charge is 0.325 e. The number of hydrogen-bond donors (Lipinski definition) is 1. The van der Waals surface area contributed by atoms with E-state index in [0.717, 1.165) is 11.4 Å². The molecule has 0 aliphatic carbocycles. The lowest BCUT2D eigenvalue weighted by molar-refractivity contribution is -0.143. The molecule has 1 aliphatic rings. The SMILES string of the molecule is CCn1nc(C)c(CN2CCOc3ccccc3C2C(=O)O)n1. The van der Waals surface area contributed by atoms with Crippen molar-refractivity contribution in [2.45, 2.75) is 33.0 Å². The second-order valence-corrected chi connectivity index (χ2v) is 5.52. The molecule has 122 valence electrons. The predicted molar refractivity (Wildman–Crippen MR) is 83.2 cm³/mol. The number of carbonyl (C=O) groups is 1. The summed E-state index contributed by atoms with van der Waals surface area (Å²) >= 11 is 0. The van der Waals surface area contributed by atoms with E-state index < -0.39 is 12.0 Å². The molecule has 1 aliphatic heterocycles. The van der Waals surface area contributed by atoms with E-state index in [2.05, 4.69) is 10.2 Å². The van der Waals surface area contributed by atoms with Crippen molar-refractivity contribution in [3.05, 3.63) is 41.2 Å². The average Bonchev–Trinajstić information content (AvgIpc) is 2.78. The monoisotopic (exact) mass is 316 g/mol. The fourth-order valence-electron chi connectivity index (χ4n) is 2.84. The van der Waals surface area contributed by atoms with E-state index in [-0.39, 0.29) is 0 Å². The Kier molecular flexibility index (Phi) is 4.29. The summed E-state index contributed by atoms with van der Waals surface area (Å²) in [6.45, 7) is 5.95. The molecule has 1 unspecified atom stereocenters. The van der Waals surface area contributed by atoms with Gasteiger partial charge in [0.15, 0.2) is 0 Å². The van der Waals surface area contributed by atoms with Crippen molar-refractivity contribution >= 4 is 5.97 Å². The van der Waals surface area contributed by atoms with E-state index in [9.17, 15) is 9.90 Å². The summed E-state index contributed by atoms with van der Waals surface area (Å²) in [5.74, 6) is -0.250. The number of benzene rings is 1. The van der Waals surface area contributed by atoms with Gasteiger partial charge in [-0.3, -0.25) is 9.69 Å². The van der Waals surface area contributed by atoms with Crippen molar-refractivity contribution in [3.8, 4) is 5.75 Å². The summed E-state index contributed by atoms with van der Waals surface area (Å²) in [7, 11) is 0.